The van der Waals surface area contributed by atoms with Crippen molar-refractivity contribution in [3.05, 3.63) is 34.6 Å². The van der Waals surface area contributed by atoms with Gasteiger partial charge in [0.15, 0.2) is 0 Å². The van der Waals surface area contributed by atoms with Crippen LogP contribution in [0.2, 0.25) is 5.02 Å². The fraction of sp³-hybridized carbons (Fsp3) is 0.462. The summed E-state index contributed by atoms with van der Waals surface area (Å²) in [5.41, 5.74) is 0.394. The predicted octanol–water partition coefficient (Wildman–Crippen LogP) is 2.24. The highest BCUT2D eigenvalue weighted by molar-refractivity contribution is 6.31. The minimum atomic E-state index is -0.360. The lowest BCUT2D eigenvalue weighted by Gasteiger charge is -2.14. The van der Waals surface area contributed by atoms with E-state index < -0.39 is 0 Å². The molecule has 0 aliphatic heterocycles. The van der Waals surface area contributed by atoms with Crippen molar-refractivity contribution in [1.82, 2.24) is 10.6 Å². The number of benzene rings is 1. The molecule has 1 atom stereocenters. The quantitative estimate of drug-likeness (QED) is 0.862. The molecule has 0 bridgehead atoms. The fourth-order valence-corrected chi connectivity index (χ4v) is 1.83. The smallest absolute Gasteiger partial charge is 0.237 e. The second-order valence-corrected chi connectivity index (χ2v) is 4.99. The summed E-state index contributed by atoms with van der Waals surface area (Å²) >= 11 is 5.91. The lowest BCUT2D eigenvalue weighted by atomic mass is 10.2. The molecule has 1 aromatic rings. The molecule has 18 heavy (non-hydrogen) atoms. The van der Waals surface area contributed by atoms with Gasteiger partial charge in [-0.1, -0.05) is 17.7 Å². The summed E-state index contributed by atoms with van der Waals surface area (Å²) in [5.74, 6) is -0.408. The van der Waals surface area contributed by atoms with Crippen LogP contribution in [-0.2, 0) is 11.3 Å². The third-order valence-corrected chi connectivity index (χ3v) is 3.32. The van der Waals surface area contributed by atoms with Gasteiger partial charge in [0, 0.05) is 23.2 Å². The molecule has 5 heteroatoms. The van der Waals surface area contributed by atoms with E-state index in [1.165, 1.54) is 6.07 Å². The van der Waals surface area contributed by atoms with Gasteiger partial charge in [-0.25, -0.2) is 4.39 Å². The molecule has 1 aliphatic rings. The third-order valence-electron chi connectivity index (χ3n) is 2.96. The molecule has 3 nitrogen and oxygen atoms in total. The first kappa shape index (κ1) is 13.3. The van der Waals surface area contributed by atoms with Crippen LogP contribution in [0.25, 0.3) is 0 Å². The van der Waals surface area contributed by atoms with Gasteiger partial charge < -0.3 is 10.6 Å². The zero-order chi connectivity index (χ0) is 13.1. The van der Waals surface area contributed by atoms with Crippen molar-refractivity contribution < 1.29 is 9.18 Å². The molecule has 1 aliphatic carbocycles. The summed E-state index contributed by atoms with van der Waals surface area (Å²) < 4.78 is 13.5. The summed E-state index contributed by atoms with van der Waals surface area (Å²) in [6.45, 7) is 2.00. The number of carbonyl (C=O) groups excluding carboxylic acids is 1. The second kappa shape index (κ2) is 5.67. The first-order valence-electron chi connectivity index (χ1n) is 6.04. The molecule has 0 saturated heterocycles. The van der Waals surface area contributed by atoms with Gasteiger partial charge in [0.25, 0.3) is 0 Å². The van der Waals surface area contributed by atoms with Gasteiger partial charge in [0.1, 0.15) is 5.82 Å². The van der Waals surface area contributed by atoms with Crippen LogP contribution in [0.15, 0.2) is 18.2 Å². The maximum atomic E-state index is 13.5. The lowest BCUT2D eigenvalue weighted by Crippen LogP contribution is -2.42. The monoisotopic (exact) mass is 270 g/mol. The molecule has 0 radical (unpaired) electrons. The topological polar surface area (TPSA) is 41.1 Å². The van der Waals surface area contributed by atoms with E-state index in [1.807, 2.05) is 0 Å². The number of rotatable bonds is 5. The molecule has 1 unspecified atom stereocenters. The number of carbonyl (C=O) groups is 1. The van der Waals surface area contributed by atoms with Gasteiger partial charge in [-0.2, -0.15) is 0 Å². The Morgan fingerprint density at radius 3 is 2.89 bits per heavy atom. The van der Waals surface area contributed by atoms with E-state index >= 15 is 0 Å². The van der Waals surface area contributed by atoms with Crippen molar-refractivity contribution in [3.63, 3.8) is 0 Å². The van der Waals surface area contributed by atoms with E-state index in [0.717, 1.165) is 12.8 Å². The Morgan fingerprint density at radius 1 is 1.56 bits per heavy atom. The first-order valence-corrected chi connectivity index (χ1v) is 6.42. The zero-order valence-corrected chi connectivity index (χ0v) is 10.9. The van der Waals surface area contributed by atoms with Crippen LogP contribution < -0.4 is 10.6 Å². The Balaban J connectivity index is 1.88. The van der Waals surface area contributed by atoms with Gasteiger partial charge in [-0.15, -0.1) is 0 Å². The standard InChI is InChI=1S/C13H16ClFN2O/c1-8(13(18)17-9-5-6-9)16-7-10-11(14)3-2-4-12(10)15/h2-4,8-9,16H,5-7H2,1H3,(H,17,18). The largest absolute Gasteiger partial charge is 0.352 e. The number of amides is 1. The highest BCUT2D eigenvalue weighted by atomic mass is 35.5. The zero-order valence-electron chi connectivity index (χ0n) is 10.2. The second-order valence-electron chi connectivity index (χ2n) is 4.59. The Hall–Kier alpha value is -1.13. The molecule has 0 aromatic heterocycles. The summed E-state index contributed by atoms with van der Waals surface area (Å²) in [6, 6.07) is 4.53. The summed E-state index contributed by atoms with van der Waals surface area (Å²) in [5, 5.41) is 6.24. The van der Waals surface area contributed by atoms with Gasteiger partial charge in [0.2, 0.25) is 5.91 Å². The summed E-state index contributed by atoms with van der Waals surface area (Å²) in [6.07, 6.45) is 2.11. The van der Waals surface area contributed by atoms with Gasteiger partial charge >= 0.3 is 0 Å². The number of hydrogen-bond donors (Lipinski definition) is 2. The molecule has 1 saturated carbocycles. The van der Waals surface area contributed by atoms with E-state index in [0.29, 0.717) is 16.6 Å². The van der Waals surface area contributed by atoms with E-state index in [2.05, 4.69) is 10.6 Å². The molecule has 0 spiro atoms. The molecular formula is C13H16ClFN2O. The molecule has 0 heterocycles. The van der Waals surface area contributed by atoms with Gasteiger partial charge in [-0.05, 0) is 31.9 Å². The average molecular weight is 271 g/mol. The van der Waals surface area contributed by atoms with E-state index in [-0.39, 0.29) is 24.3 Å². The van der Waals surface area contributed by atoms with Crippen LogP contribution in [0.5, 0.6) is 0 Å². The number of hydrogen-bond acceptors (Lipinski definition) is 2. The van der Waals surface area contributed by atoms with Crippen molar-refractivity contribution in [1.29, 1.82) is 0 Å². The molecule has 1 aromatic carbocycles. The van der Waals surface area contributed by atoms with E-state index in [4.69, 9.17) is 11.6 Å². The van der Waals surface area contributed by atoms with Crippen molar-refractivity contribution >= 4 is 17.5 Å². The lowest BCUT2D eigenvalue weighted by molar-refractivity contribution is -0.122. The molecule has 2 rings (SSSR count). The van der Waals surface area contributed by atoms with Crippen molar-refractivity contribution in [2.24, 2.45) is 0 Å². The van der Waals surface area contributed by atoms with Crippen LogP contribution in [0.1, 0.15) is 25.3 Å². The molecular weight excluding hydrogens is 255 g/mol. The van der Waals surface area contributed by atoms with Crippen LogP contribution in [0, 0.1) is 5.82 Å². The van der Waals surface area contributed by atoms with E-state index in [9.17, 15) is 9.18 Å². The molecule has 98 valence electrons. The number of halogens is 2. The highest BCUT2D eigenvalue weighted by Crippen LogP contribution is 2.20. The van der Waals surface area contributed by atoms with Crippen LogP contribution >= 0.6 is 11.6 Å². The normalized spacial score (nSPS) is 16.4. The van der Waals surface area contributed by atoms with Crippen LogP contribution in [0.4, 0.5) is 4.39 Å². The van der Waals surface area contributed by atoms with Gasteiger partial charge in [0.05, 0.1) is 6.04 Å². The first-order chi connectivity index (χ1) is 8.58. The minimum absolute atomic E-state index is 0.0510. The van der Waals surface area contributed by atoms with Crippen molar-refractivity contribution in [2.45, 2.75) is 38.4 Å². The van der Waals surface area contributed by atoms with Crippen molar-refractivity contribution in [2.75, 3.05) is 0 Å². The maximum Gasteiger partial charge on any atom is 0.237 e. The Kier molecular flexibility index (Phi) is 4.19. The average Bonchev–Trinajstić information content (AvgIpc) is 3.12. The summed E-state index contributed by atoms with van der Waals surface area (Å²) in [4.78, 5) is 11.7. The summed E-state index contributed by atoms with van der Waals surface area (Å²) in [7, 11) is 0. The SMILES string of the molecule is CC(NCc1c(F)cccc1Cl)C(=O)NC1CC1. The van der Waals surface area contributed by atoms with Gasteiger partial charge in [-0.3, -0.25) is 4.79 Å². The highest BCUT2D eigenvalue weighted by Gasteiger charge is 2.25. The Labute approximate surface area is 111 Å². The maximum absolute atomic E-state index is 13.5. The van der Waals surface area contributed by atoms with Crippen molar-refractivity contribution in [3.8, 4) is 0 Å². The number of nitrogens with one attached hydrogen (secondary N) is 2. The Morgan fingerprint density at radius 2 is 2.28 bits per heavy atom. The van der Waals surface area contributed by atoms with E-state index in [1.54, 1.807) is 19.1 Å². The molecule has 1 fully saturated rings. The molecule has 2 N–H and O–H groups in total. The third kappa shape index (κ3) is 3.43. The van der Waals surface area contributed by atoms with Crippen LogP contribution in [0.3, 0.4) is 0 Å². The fourth-order valence-electron chi connectivity index (χ4n) is 1.60. The van der Waals surface area contributed by atoms with Crippen LogP contribution in [-0.4, -0.2) is 18.0 Å². The Bertz CT molecular complexity index is 428. The predicted molar refractivity (Wildman–Crippen MR) is 68.9 cm³/mol. The minimum Gasteiger partial charge on any atom is -0.352 e. The molecule has 1 amide bonds.